The third-order valence-corrected chi connectivity index (χ3v) is 9.67. The van der Waals surface area contributed by atoms with E-state index < -0.39 is 26.8 Å². The normalized spacial score (nSPS) is 18.4. The summed E-state index contributed by atoms with van der Waals surface area (Å²) >= 11 is 1.19. The van der Waals surface area contributed by atoms with Gasteiger partial charge in [0.1, 0.15) is 4.21 Å². The van der Waals surface area contributed by atoms with Crippen LogP contribution < -0.4 is 0 Å². The molecule has 0 unspecified atom stereocenters. The van der Waals surface area contributed by atoms with Crippen molar-refractivity contribution >= 4 is 38.9 Å². The highest BCUT2D eigenvalue weighted by Gasteiger charge is 2.44. The lowest BCUT2D eigenvalue weighted by atomic mass is 9.78. The van der Waals surface area contributed by atoms with Gasteiger partial charge in [-0.1, -0.05) is 6.07 Å². The van der Waals surface area contributed by atoms with Crippen molar-refractivity contribution in [2.75, 3.05) is 33.3 Å². The molecule has 2 aliphatic heterocycles. The molecule has 1 amide bonds. The number of carbonyl (C=O) groups is 2. The zero-order valence-corrected chi connectivity index (χ0v) is 19.6. The molecule has 12 heteroatoms. The molecule has 3 heterocycles. The number of nitrogens with zero attached hydrogens (tertiary/aromatic N) is 3. The Morgan fingerprint density at radius 2 is 1.79 bits per heavy atom. The summed E-state index contributed by atoms with van der Waals surface area (Å²) in [6.07, 6.45) is 1.98. The minimum atomic E-state index is -3.50. The molecule has 1 aromatic heterocycles. The minimum absolute atomic E-state index is 0.0550. The quantitative estimate of drug-likeness (QED) is 0.356. The Balaban J connectivity index is 1.47. The zero-order valence-electron chi connectivity index (χ0n) is 17.9. The van der Waals surface area contributed by atoms with Crippen LogP contribution in [0.15, 0.2) is 39.9 Å². The van der Waals surface area contributed by atoms with Gasteiger partial charge in [0.15, 0.2) is 0 Å². The largest absolute Gasteiger partial charge is 0.465 e. The average molecular weight is 494 g/mol. The van der Waals surface area contributed by atoms with Crippen LogP contribution >= 0.6 is 11.3 Å². The second kappa shape index (κ2) is 8.84. The summed E-state index contributed by atoms with van der Waals surface area (Å²) in [5.41, 5.74) is -0.555. The fourth-order valence-electron chi connectivity index (χ4n) is 4.51. The number of sulfonamides is 1. The molecule has 0 aliphatic carbocycles. The van der Waals surface area contributed by atoms with Crippen molar-refractivity contribution in [2.24, 2.45) is 5.41 Å². The van der Waals surface area contributed by atoms with Gasteiger partial charge in [0.05, 0.1) is 17.6 Å². The highest BCUT2D eigenvalue weighted by atomic mass is 32.2. The van der Waals surface area contributed by atoms with Gasteiger partial charge in [0.2, 0.25) is 0 Å². The SMILES string of the molecule is COC(=O)c1cc(C(=O)N2CCC3(CCN(S(=O)(=O)c4cccs4)CC3)C2)cc([N+](=O)[O-])c1. The van der Waals surface area contributed by atoms with Gasteiger partial charge in [-0.2, -0.15) is 4.31 Å². The molecule has 0 bridgehead atoms. The van der Waals surface area contributed by atoms with Gasteiger partial charge in [-0.25, -0.2) is 13.2 Å². The van der Waals surface area contributed by atoms with Crippen LogP contribution in [0.25, 0.3) is 0 Å². The number of thiophene rings is 1. The summed E-state index contributed by atoms with van der Waals surface area (Å²) in [7, 11) is -2.34. The van der Waals surface area contributed by atoms with E-state index in [-0.39, 0.29) is 22.2 Å². The summed E-state index contributed by atoms with van der Waals surface area (Å²) in [4.78, 5) is 37.3. The molecule has 4 rings (SSSR count). The Labute approximate surface area is 195 Å². The first kappa shape index (κ1) is 23.3. The molecule has 33 heavy (non-hydrogen) atoms. The minimum Gasteiger partial charge on any atom is -0.465 e. The van der Waals surface area contributed by atoms with Crippen LogP contribution in [0.1, 0.15) is 40.0 Å². The van der Waals surface area contributed by atoms with E-state index in [9.17, 15) is 28.1 Å². The summed E-state index contributed by atoms with van der Waals surface area (Å²) < 4.78 is 32.0. The molecule has 2 aromatic rings. The zero-order chi connectivity index (χ0) is 23.8. The molecular weight excluding hydrogens is 470 g/mol. The van der Waals surface area contributed by atoms with Crippen molar-refractivity contribution < 1.29 is 27.7 Å². The first-order valence-corrected chi connectivity index (χ1v) is 12.7. The van der Waals surface area contributed by atoms with Crippen molar-refractivity contribution in [3.63, 3.8) is 0 Å². The van der Waals surface area contributed by atoms with E-state index in [2.05, 4.69) is 4.74 Å². The molecule has 10 nitrogen and oxygen atoms in total. The van der Waals surface area contributed by atoms with Crippen LogP contribution in [0.2, 0.25) is 0 Å². The number of nitro groups is 1. The monoisotopic (exact) mass is 493 g/mol. The second-order valence-electron chi connectivity index (χ2n) is 8.33. The molecule has 2 aliphatic rings. The van der Waals surface area contributed by atoms with Gasteiger partial charge in [-0.3, -0.25) is 14.9 Å². The standard InChI is InChI=1S/C21H23N3O7S2/c1-31-20(26)16-11-15(12-17(13-16)24(27)28)19(25)22-7-4-21(14-22)5-8-23(9-6-21)33(29,30)18-3-2-10-32-18/h2-3,10-13H,4-9,14H2,1H3. The molecule has 1 spiro atoms. The van der Waals surface area contributed by atoms with Crippen LogP contribution in [-0.2, 0) is 14.8 Å². The number of non-ortho nitro benzene ring substituents is 1. The van der Waals surface area contributed by atoms with Crippen LogP contribution in [0.4, 0.5) is 5.69 Å². The van der Waals surface area contributed by atoms with E-state index in [1.54, 1.807) is 22.4 Å². The topological polar surface area (TPSA) is 127 Å². The first-order chi connectivity index (χ1) is 15.6. The number of benzene rings is 1. The van der Waals surface area contributed by atoms with Crippen LogP contribution in [0.3, 0.4) is 0 Å². The van der Waals surface area contributed by atoms with E-state index >= 15 is 0 Å². The molecule has 0 saturated carbocycles. The van der Waals surface area contributed by atoms with Crippen molar-refractivity contribution in [1.29, 1.82) is 0 Å². The number of piperidine rings is 1. The highest BCUT2D eigenvalue weighted by Crippen LogP contribution is 2.42. The lowest BCUT2D eigenvalue weighted by Gasteiger charge is -2.38. The predicted molar refractivity (Wildman–Crippen MR) is 120 cm³/mol. The van der Waals surface area contributed by atoms with Gasteiger partial charge < -0.3 is 9.64 Å². The molecule has 0 N–H and O–H groups in total. The van der Waals surface area contributed by atoms with Crippen LogP contribution in [0, 0.1) is 15.5 Å². The molecule has 2 saturated heterocycles. The van der Waals surface area contributed by atoms with Gasteiger partial charge >= 0.3 is 5.97 Å². The maximum atomic E-state index is 13.1. The lowest BCUT2D eigenvalue weighted by Crippen LogP contribution is -2.44. The molecule has 2 fully saturated rings. The van der Waals surface area contributed by atoms with Crippen molar-refractivity contribution in [3.8, 4) is 0 Å². The fraction of sp³-hybridized carbons (Fsp3) is 0.429. The number of hydrogen-bond donors (Lipinski definition) is 0. The number of esters is 1. The van der Waals surface area contributed by atoms with Crippen molar-refractivity contribution in [3.05, 3.63) is 57.0 Å². The number of carbonyl (C=O) groups excluding carboxylic acids is 2. The van der Waals surface area contributed by atoms with Crippen LogP contribution in [0.5, 0.6) is 0 Å². The average Bonchev–Trinajstić information content (AvgIpc) is 3.49. The third-order valence-electron chi connectivity index (χ3n) is 6.39. The summed E-state index contributed by atoms with van der Waals surface area (Å²) in [5.74, 6) is -1.15. The molecule has 176 valence electrons. The van der Waals surface area contributed by atoms with E-state index in [1.165, 1.54) is 21.7 Å². The molecular formula is C21H23N3O7S2. The number of likely N-dealkylation sites (tertiary alicyclic amines) is 1. The Bertz CT molecular complexity index is 1190. The maximum Gasteiger partial charge on any atom is 0.338 e. The smallest absolute Gasteiger partial charge is 0.338 e. The van der Waals surface area contributed by atoms with Gasteiger partial charge in [0.25, 0.3) is 21.6 Å². The van der Waals surface area contributed by atoms with Gasteiger partial charge in [0, 0.05) is 43.9 Å². The number of ether oxygens (including phenoxy) is 1. The van der Waals surface area contributed by atoms with Gasteiger partial charge in [-0.05, 0) is 42.2 Å². The molecule has 1 aromatic carbocycles. The fourth-order valence-corrected chi connectivity index (χ4v) is 7.10. The third kappa shape index (κ3) is 4.50. The summed E-state index contributed by atoms with van der Waals surface area (Å²) in [6, 6.07) is 6.86. The molecule has 0 radical (unpaired) electrons. The van der Waals surface area contributed by atoms with Gasteiger partial charge in [-0.15, -0.1) is 11.3 Å². The van der Waals surface area contributed by atoms with E-state index in [0.29, 0.717) is 43.2 Å². The maximum absolute atomic E-state index is 13.1. The Morgan fingerprint density at radius 3 is 2.39 bits per heavy atom. The summed E-state index contributed by atoms with van der Waals surface area (Å²) in [5, 5.41) is 13.0. The van der Waals surface area contributed by atoms with E-state index in [4.69, 9.17) is 0 Å². The lowest BCUT2D eigenvalue weighted by molar-refractivity contribution is -0.384. The Morgan fingerprint density at radius 1 is 1.12 bits per heavy atom. The number of methoxy groups -OCH3 is 1. The van der Waals surface area contributed by atoms with Crippen molar-refractivity contribution in [2.45, 2.75) is 23.5 Å². The number of amides is 1. The predicted octanol–water partition coefficient (Wildman–Crippen LogP) is 2.76. The first-order valence-electron chi connectivity index (χ1n) is 10.4. The highest BCUT2D eigenvalue weighted by molar-refractivity contribution is 7.91. The van der Waals surface area contributed by atoms with E-state index in [1.807, 2.05) is 0 Å². The van der Waals surface area contributed by atoms with Crippen LogP contribution in [-0.4, -0.2) is 67.7 Å². The van der Waals surface area contributed by atoms with E-state index in [0.717, 1.165) is 25.7 Å². The second-order valence-corrected chi connectivity index (χ2v) is 11.4. The van der Waals surface area contributed by atoms with Crippen molar-refractivity contribution in [1.82, 2.24) is 9.21 Å². The summed E-state index contributed by atoms with van der Waals surface area (Å²) in [6.45, 7) is 1.67. The molecule has 0 atom stereocenters. The number of rotatable bonds is 5. The number of hydrogen-bond acceptors (Lipinski definition) is 8. The Kier molecular flexibility index (Phi) is 6.25. The Hall–Kier alpha value is -2.83. The number of nitro benzene ring substituents is 1.